The highest BCUT2D eigenvalue weighted by Gasteiger charge is 2.21. The fourth-order valence-corrected chi connectivity index (χ4v) is 5.25. The van der Waals surface area contributed by atoms with Crippen LogP contribution in [0.25, 0.3) is 27.8 Å². The third kappa shape index (κ3) is 4.11. The molecule has 0 aliphatic carbocycles. The SMILES string of the molecule is C=C(C)c1cc(-c2ccc3c(c2)N(C)c2cc(-c4ccc(C)c(C(C)=N)c4)ccc2C3)ccc1NC. The fraction of sp³-hybridized carbons (Fsp3) is 0.182. The average Bonchev–Trinajstić information content (AvgIpc) is 2.88. The molecule has 3 nitrogen and oxygen atoms in total. The lowest BCUT2D eigenvalue weighted by atomic mass is 9.90. The summed E-state index contributed by atoms with van der Waals surface area (Å²) < 4.78 is 0. The third-order valence-corrected chi connectivity index (χ3v) is 7.33. The Balaban J connectivity index is 1.54. The van der Waals surface area contributed by atoms with Crippen molar-refractivity contribution >= 4 is 28.3 Å². The molecule has 5 rings (SSSR count). The quantitative estimate of drug-likeness (QED) is 0.287. The molecule has 1 aliphatic rings. The number of nitrogens with one attached hydrogen (secondary N) is 2. The topological polar surface area (TPSA) is 39.1 Å². The Bertz CT molecular complexity index is 1530. The lowest BCUT2D eigenvalue weighted by Gasteiger charge is -2.31. The van der Waals surface area contributed by atoms with Gasteiger partial charge in [0.15, 0.2) is 0 Å². The monoisotopic (exact) mass is 471 g/mol. The zero-order chi connectivity index (χ0) is 25.6. The number of rotatable bonds is 5. The van der Waals surface area contributed by atoms with Gasteiger partial charge in [0.2, 0.25) is 0 Å². The molecule has 4 aromatic carbocycles. The molecule has 1 aliphatic heterocycles. The Morgan fingerprint density at radius 1 is 0.778 bits per heavy atom. The molecule has 0 spiro atoms. The van der Waals surface area contributed by atoms with Crippen molar-refractivity contribution in [2.24, 2.45) is 0 Å². The van der Waals surface area contributed by atoms with E-state index in [1.807, 2.05) is 14.0 Å². The molecule has 0 saturated carbocycles. The summed E-state index contributed by atoms with van der Waals surface area (Å²) >= 11 is 0. The minimum atomic E-state index is 0.600. The zero-order valence-electron chi connectivity index (χ0n) is 21.8. The number of aryl methyl sites for hydroxylation is 1. The van der Waals surface area contributed by atoms with Gasteiger partial charge in [0.25, 0.3) is 0 Å². The Hall–Kier alpha value is -4.11. The predicted octanol–water partition coefficient (Wildman–Crippen LogP) is 8.46. The van der Waals surface area contributed by atoms with Gasteiger partial charge >= 0.3 is 0 Å². The summed E-state index contributed by atoms with van der Waals surface area (Å²) in [5, 5.41) is 11.4. The van der Waals surface area contributed by atoms with Gasteiger partial charge < -0.3 is 15.6 Å². The number of fused-ring (bicyclic) bond motifs is 2. The molecule has 180 valence electrons. The van der Waals surface area contributed by atoms with Crippen molar-refractivity contribution in [3.8, 4) is 22.3 Å². The average molecular weight is 472 g/mol. The molecule has 0 saturated heterocycles. The first-order chi connectivity index (χ1) is 17.3. The van der Waals surface area contributed by atoms with E-state index in [-0.39, 0.29) is 0 Å². The van der Waals surface area contributed by atoms with Crippen LogP contribution < -0.4 is 10.2 Å². The van der Waals surface area contributed by atoms with E-state index in [2.05, 4.69) is 110 Å². The van der Waals surface area contributed by atoms with Crippen LogP contribution in [0.1, 0.15) is 41.7 Å². The van der Waals surface area contributed by atoms with Crippen LogP contribution in [0.15, 0.2) is 79.4 Å². The highest BCUT2D eigenvalue weighted by Crippen LogP contribution is 2.42. The van der Waals surface area contributed by atoms with Gasteiger partial charge in [-0.2, -0.15) is 0 Å². The second-order valence-electron chi connectivity index (χ2n) is 9.87. The molecule has 0 unspecified atom stereocenters. The zero-order valence-corrected chi connectivity index (χ0v) is 21.8. The van der Waals surface area contributed by atoms with Gasteiger partial charge in [-0.1, -0.05) is 49.0 Å². The number of allylic oxidation sites excluding steroid dienone is 1. The van der Waals surface area contributed by atoms with Crippen molar-refractivity contribution in [1.82, 2.24) is 0 Å². The molecule has 2 N–H and O–H groups in total. The van der Waals surface area contributed by atoms with Crippen LogP contribution >= 0.6 is 0 Å². The smallest absolute Gasteiger partial charge is 0.0450 e. The van der Waals surface area contributed by atoms with E-state index in [1.54, 1.807) is 0 Å². The van der Waals surface area contributed by atoms with E-state index in [0.29, 0.717) is 5.71 Å². The van der Waals surface area contributed by atoms with Gasteiger partial charge in [-0.25, -0.2) is 0 Å². The summed E-state index contributed by atoms with van der Waals surface area (Å²) in [6.07, 6.45) is 0.921. The van der Waals surface area contributed by atoms with Crippen LogP contribution in [0, 0.1) is 12.3 Å². The van der Waals surface area contributed by atoms with E-state index >= 15 is 0 Å². The third-order valence-electron chi connectivity index (χ3n) is 7.33. The van der Waals surface area contributed by atoms with E-state index in [9.17, 15) is 0 Å². The van der Waals surface area contributed by atoms with Gasteiger partial charge in [0.1, 0.15) is 0 Å². The molecule has 4 aromatic rings. The number of hydrogen-bond donors (Lipinski definition) is 2. The molecular weight excluding hydrogens is 438 g/mol. The van der Waals surface area contributed by atoms with Crippen molar-refractivity contribution in [1.29, 1.82) is 5.41 Å². The first kappa shape index (κ1) is 23.6. The van der Waals surface area contributed by atoms with E-state index in [1.165, 1.54) is 39.2 Å². The van der Waals surface area contributed by atoms with Gasteiger partial charge in [-0.15, -0.1) is 0 Å². The second kappa shape index (κ2) is 9.16. The highest BCUT2D eigenvalue weighted by atomic mass is 15.1. The number of nitrogens with zero attached hydrogens (tertiary/aromatic N) is 1. The van der Waals surface area contributed by atoms with Gasteiger partial charge in [0.05, 0.1) is 0 Å². The Morgan fingerprint density at radius 2 is 1.28 bits per heavy atom. The molecule has 1 heterocycles. The molecule has 0 fully saturated rings. The molecule has 0 atom stereocenters. The Morgan fingerprint density at radius 3 is 1.81 bits per heavy atom. The maximum Gasteiger partial charge on any atom is 0.0450 e. The lowest BCUT2D eigenvalue weighted by Crippen LogP contribution is -2.18. The van der Waals surface area contributed by atoms with Crippen LogP contribution in [0.5, 0.6) is 0 Å². The van der Waals surface area contributed by atoms with E-state index in [0.717, 1.165) is 39.9 Å². The fourth-order valence-electron chi connectivity index (χ4n) is 5.25. The van der Waals surface area contributed by atoms with Crippen molar-refractivity contribution < 1.29 is 0 Å². The standard InChI is InChI=1S/C33H33N3/c1-20(2)29-16-24(13-14-31(29)35-5)26-10-12-28-15-27-11-9-25(18-32(27)36(6)33(28)19-26)23-8-7-21(3)30(17-23)22(4)34/h7-14,16-19,34-35H,1,15H2,2-6H3. The van der Waals surface area contributed by atoms with Crippen LogP contribution in [0.3, 0.4) is 0 Å². The van der Waals surface area contributed by atoms with Crippen LogP contribution in [0.4, 0.5) is 17.1 Å². The predicted molar refractivity (Wildman–Crippen MR) is 156 cm³/mol. The first-order valence-electron chi connectivity index (χ1n) is 12.4. The Labute approximate surface area is 214 Å². The summed E-state index contributed by atoms with van der Waals surface area (Å²) in [4.78, 5) is 2.32. The molecule has 0 bridgehead atoms. The van der Waals surface area contributed by atoms with E-state index < -0.39 is 0 Å². The molecule has 0 amide bonds. The summed E-state index contributed by atoms with van der Waals surface area (Å²) in [6.45, 7) is 10.1. The minimum absolute atomic E-state index is 0.600. The van der Waals surface area contributed by atoms with Crippen LogP contribution in [0.2, 0.25) is 0 Å². The molecule has 36 heavy (non-hydrogen) atoms. The van der Waals surface area contributed by atoms with Crippen molar-refractivity contribution in [3.05, 3.63) is 107 Å². The van der Waals surface area contributed by atoms with E-state index in [4.69, 9.17) is 5.41 Å². The second-order valence-corrected chi connectivity index (χ2v) is 9.87. The van der Waals surface area contributed by atoms with Crippen LogP contribution in [-0.2, 0) is 6.42 Å². The number of hydrogen-bond acceptors (Lipinski definition) is 3. The largest absolute Gasteiger partial charge is 0.388 e. The first-order valence-corrected chi connectivity index (χ1v) is 12.4. The number of benzene rings is 4. The molecular formula is C33H33N3. The number of anilines is 3. The lowest BCUT2D eigenvalue weighted by molar-refractivity contribution is 1.06. The van der Waals surface area contributed by atoms with Crippen molar-refractivity contribution in [2.75, 3.05) is 24.3 Å². The van der Waals surface area contributed by atoms with Crippen molar-refractivity contribution in [3.63, 3.8) is 0 Å². The summed E-state index contributed by atoms with van der Waals surface area (Å²) in [7, 11) is 4.11. The van der Waals surface area contributed by atoms with Gasteiger partial charge in [-0.05, 0) is 101 Å². The summed E-state index contributed by atoms with van der Waals surface area (Å²) in [5.41, 5.74) is 15.9. The summed E-state index contributed by atoms with van der Waals surface area (Å²) in [5.74, 6) is 0. The van der Waals surface area contributed by atoms with Crippen LogP contribution in [-0.4, -0.2) is 19.8 Å². The maximum absolute atomic E-state index is 8.13. The summed E-state index contributed by atoms with van der Waals surface area (Å²) in [6, 6.07) is 26.5. The molecule has 3 heteroatoms. The normalized spacial score (nSPS) is 12.1. The maximum atomic E-state index is 8.13. The van der Waals surface area contributed by atoms with Gasteiger partial charge in [-0.3, -0.25) is 0 Å². The van der Waals surface area contributed by atoms with Gasteiger partial charge in [0, 0.05) is 48.9 Å². The highest BCUT2D eigenvalue weighted by molar-refractivity contribution is 5.99. The molecule has 0 radical (unpaired) electrons. The molecule has 0 aromatic heterocycles. The Kier molecular flexibility index (Phi) is 6.01. The van der Waals surface area contributed by atoms with Crippen molar-refractivity contribution in [2.45, 2.75) is 27.2 Å². The minimum Gasteiger partial charge on any atom is -0.388 e.